The van der Waals surface area contributed by atoms with E-state index in [-0.39, 0.29) is 0 Å². The summed E-state index contributed by atoms with van der Waals surface area (Å²) in [6.45, 7) is 2.19. The normalized spacial score (nSPS) is 18.0. The minimum Gasteiger partial charge on any atom is -0.365 e. The first kappa shape index (κ1) is 10.9. The Labute approximate surface area is 96.1 Å². The van der Waals surface area contributed by atoms with Crippen LogP contribution in [0.4, 0.5) is 5.13 Å². The van der Waals surface area contributed by atoms with Crippen LogP contribution in [0.5, 0.6) is 0 Å². The third-order valence-corrected chi connectivity index (χ3v) is 4.34. The summed E-state index contributed by atoms with van der Waals surface area (Å²) >= 11 is 1.78. The van der Waals surface area contributed by atoms with Crippen LogP contribution in [0.15, 0.2) is 0 Å². The van der Waals surface area contributed by atoms with E-state index in [1.165, 1.54) is 49.1 Å². The van der Waals surface area contributed by atoms with Crippen molar-refractivity contribution in [2.24, 2.45) is 5.92 Å². The van der Waals surface area contributed by atoms with Gasteiger partial charge in [-0.3, -0.25) is 0 Å². The summed E-state index contributed by atoms with van der Waals surface area (Å²) in [5.74, 6) is 0.893. The van der Waals surface area contributed by atoms with Gasteiger partial charge in [0.1, 0.15) is 0 Å². The Balaban J connectivity index is 1.99. The monoisotopic (exact) mass is 224 g/mol. The van der Waals surface area contributed by atoms with Gasteiger partial charge in [0.15, 0.2) is 5.13 Å². The minimum atomic E-state index is 0.893. The van der Waals surface area contributed by atoms with Crippen LogP contribution in [0.25, 0.3) is 0 Å². The molecule has 0 bridgehead atoms. The Morgan fingerprint density at radius 1 is 1.33 bits per heavy atom. The Morgan fingerprint density at radius 2 is 2.07 bits per heavy atom. The number of hydrogen-bond acceptors (Lipinski definition) is 3. The van der Waals surface area contributed by atoms with Crippen molar-refractivity contribution in [2.75, 3.05) is 12.4 Å². The maximum Gasteiger partial charge on any atom is 0.182 e. The van der Waals surface area contributed by atoms with Gasteiger partial charge in [-0.15, -0.1) is 11.3 Å². The van der Waals surface area contributed by atoms with Crippen LogP contribution in [-0.4, -0.2) is 12.0 Å². The molecule has 1 aliphatic rings. The molecule has 0 amide bonds. The van der Waals surface area contributed by atoms with Gasteiger partial charge in [0.05, 0.1) is 5.69 Å². The van der Waals surface area contributed by atoms with Gasteiger partial charge >= 0.3 is 0 Å². The Hall–Kier alpha value is -0.570. The van der Waals surface area contributed by atoms with Crippen LogP contribution in [0.3, 0.4) is 0 Å². The summed E-state index contributed by atoms with van der Waals surface area (Å²) in [5.41, 5.74) is 1.33. The average molecular weight is 224 g/mol. The van der Waals surface area contributed by atoms with Crippen molar-refractivity contribution in [3.05, 3.63) is 10.6 Å². The van der Waals surface area contributed by atoms with Crippen LogP contribution in [-0.2, 0) is 6.42 Å². The molecule has 1 saturated carbocycles. The quantitative estimate of drug-likeness (QED) is 0.848. The molecule has 1 aromatic rings. The molecular formula is C12H20N2S. The number of nitrogens with one attached hydrogen (secondary N) is 1. The Kier molecular flexibility index (Phi) is 3.62. The molecule has 0 radical (unpaired) electrons. The van der Waals surface area contributed by atoms with Crippen LogP contribution in [0.2, 0.25) is 0 Å². The van der Waals surface area contributed by atoms with Gasteiger partial charge in [-0.05, 0) is 19.3 Å². The molecule has 0 atom stereocenters. The SMILES string of the molecule is CNc1nc(CC2CCCCC2)c(C)s1. The molecule has 2 nitrogen and oxygen atoms in total. The number of rotatable bonds is 3. The highest BCUT2D eigenvalue weighted by molar-refractivity contribution is 7.15. The molecule has 0 aromatic carbocycles. The molecule has 0 unspecified atom stereocenters. The zero-order valence-corrected chi connectivity index (χ0v) is 10.5. The molecule has 2 rings (SSSR count). The largest absolute Gasteiger partial charge is 0.365 e. The maximum absolute atomic E-state index is 4.63. The fourth-order valence-electron chi connectivity index (χ4n) is 2.39. The van der Waals surface area contributed by atoms with Crippen molar-refractivity contribution >= 4 is 16.5 Å². The molecule has 1 fully saturated rings. The summed E-state index contributed by atoms with van der Waals surface area (Å²) in [4.78, 5) is 6.02. The summed E-state index contributed by atoms with van der Waals surface area (Å²) < 4.78 is 0. The van der Waals surface area contributed by atoms with E-state index in [0.29, 0.717) is 0 Å². The topological polar surface area (TPSA) is 24.9 Å². The molecule has 1 heterocycles. The molecule has 1 aliphatic carbocycles. The molecule has 1 aromatic heterocycles. The number of anilines is 1. The summed E-state index contributed by atoms with van der Waals surface area (Å²) in [5, 5.41) is 4.20. The van der Waals surface area contributed by atoms with Gasteiger partial charge in [0.25, 0.3) is 0 Å². The first-order chi connectivity index (χ1) is 7.29. The maximum atomic E-state index is 4.63. The molecule has 1 N–H and O–H groups in total. The molecule has 0 aliphatic heterocycles. The standard InChI is InChI=1S/C12H20N2S/c1-9-11(14-12(13-2)15-9)8-10-6-4-3-5-7-10/h10H,3-8H2,1-2H3,(H,13,14). The second-order valence-corrected chi connectivity index (χ2v) is 5.68. The van der Waals surface area contributed by atoms with Crippen molar-refractivity contribution in [3.63, 3.8) is 0 Å². The smallest absolute Gasteiger partial charge is 0.182 e. The predicted octanol–water partition coefficient (Wildman–Crippen LogP) is 3.62. The first-order valence-corrected chi connectivity index (χ1v) is 6.75. The van der Waals surface area contributed by atoms with Crippen LogP contribution >= 0.6 is 11.3 Å². The van der Waals surface area contributed by atoms with Crippen molar-refractivity contribution in [1.29, 1.82) is 0 Å². The molecule has 15 heavy (non-hydrogen) atoms. The van der Waals surface area contributed by atoms with Crippen molar-refractivity contribution in [1.82, 2.24) is 4.98 Å². The van der Waals surface area contributed by atoms with Crippen LogP contribution in [0.1, 0.15) is 42.7 Å². The highest BCUT2D eigenvalue weighted by Crippen LogP contribution is 2.30. The Morgan fingerprint density at radius 3 is 2.67 bits per heavy atom. The lowest BCUT2D eigenvalue weighted by Gasteiger charge is -2.20. The van der Waals surface area contributed by atoms with Gasteiger partial charge in [-0.25, -0.2) is 4.98 Å². The van der Waals surface area contributed by atoms with Crippen molar-refractivity contribution < 1.29 is 0 Å². The second kappa shape index (κ2) is 4.97. The molecule has 0 spiro atoms. The third-order valence-electron chi connectivity index (χ3n) is 3.31. The molecular weight excluding hydrogens is 204 g/mol. The predicted molar refractivity (Wildman–Crippen MR) is 66.7 cm³/mol. The third kappa shape index (κ3) is 2.71. The lowest BCUT2D eigenvalue weighted by Crippen LogP contribution is -2.10. The van der Waals surface area contributed by atoms with Gasteiger partial charge in [-0.1, -0.05) is 32.1 Å². The second-order valence-electron chi connectivity index (χ2n) is 4.48. The summed E-state index contributed by atoms with van der Waals surface area (Å²) in [6.07, 6.45) is 8.30. The zero-order valence-electron chi connectivity index (χ0n) is 9.68. The van der Waals surface area contributed by atoms with E-state index in [1.54, 1.807) is 11.3 Å². The van der Waals surface area contributed by atoms with Crippen molar-refractivity contribution in [3.8, 4) is 0 Å². The number of thiazole rings is 1. The van der Waals surface area contributed by atoms with E-state index in [1.807, 2.05) is 7.05 Å². The van der Waals surface area contributed by atoms with Gasteiger partial charge in [0, 0.05) is 11.9 Å². The zero-order chi connectivity index (χ0) is 10.7. The average Bonchev–Trinajstić information content (AvgIpc) is 2.61. The molecule has 0 saturated heterocycles. The Bertz CT molecular complexity index is 313. The minimum absolute atomic E-state index is 0.893. The van der Waals surface area contributed by atoms with E-state index in [4.69, 9.17) is 0 Å². The van der Waals surface area contributed by atoms with E-state index in [0.717, 1.165) is 11.0 Å². The first-order valence-electron chi connectivity index (χ1n) is 5.93. The molecule has 3 heteroatoms. The van der Waals surface area contributed by atoms with Gasteiger partial charge < -0.3 is 5.32 Å². The molecule has 84 valence electrons. The summed E-state index contributed by atoms with van der Waals surface area (Å²) in [7, 11) is 1.95. The highest BCUT2D eigenvalue weighted by atomic mass is 32.1. The fraction of sp³-hybridized carbons (Fsp3) is 0.750. The van der Waals surface area contributed by atoms with E-state index in [9.17, 15) is 0 Å². The number of hydrogen-bond donors (Lipinski definition) is 1. The lowest BCUT2D eigenvalue weighted by molar-refractivity contribution is 0.354. The van der Waals surface area contributed by atoms with E-state index in [2.05, 4.69) is 17.2 Å². The van der Waals surface area contributed by atoms with Gasteiger partial charge in [0.2, 0.25) is 0 Å². The van der Waals surface area contributed by atoms with Crippen molar-refractivity contribution in [2.45, 2.75) is 45.4 Å². The van der Waals surface area contributed by atoms with Crippen LogP contribution < -0.4 is 5.32 Å². The van der Waals surface area contributed by atoms with Gasteiger partial charge in [-0.2, -0.15) is 0 Å². The summed E-state index contributed by atoms with van der Waals surface area (Å²) in [6, 6.07) is 0. The highest BCUT2D eigenvalue weighted by Gasteiger charge is 2.17. The van der Waals surface area contributed by atoms with Crippen LogP contribution in [0, 0.1) is 12.8 Å². The van der Waals surface area contributed by atoms with E-state index < -0.39 is 0 Å². The lowest BCUT2D eigenvalue weighted by atomic mass is 9.86. The number of aryl methyl sites for hydroxylation is 1. The number of nitrogens with zero attached hydrogens (tertiary/aromatic N) is 1. The van der Waals surface area contributed by atoms with E-state index >= 15 is 0 Å². The fourth-order valence-corrected chi connectivity index (χ4v) is 3.18. The number of aromatic nitrogens is 1.